The fourth-order valence-corrected chi connectivity index (χ4v) is 1.90. The summed E-state index contributed by atoms with van der Waals surface area (Å²) in [4.78, 5) is 23.1. The van der Waals surface area contributed by atoms with Crippen LogP contribution < -0.4 is 10.7 Å². The van der Waals surface area contributed by atoms with Gasteiger partial charge in [-0.3, -0.25) is 14.9 Å². The standard InChI is InChI=1S/C15H20N2O4/c1-4-8-16-12(15(20)21-5-2)6-9-17-10-7-13(18)14(19)11(17)3/h1,7,10,12,16,19H,5-6,8-9H2,2-3H3. The predicted molar refractivity (Wildman–Crippen MR) is 79.0 cm³/mol. The van der Waals surface area contributed by atoms with Crippen molar-refractivity contribution in [3.63, 3.8) is 0 Å². The van der Waals surface area contributed by atoms with Crippen molar-refractivity contribution in [2.45, 2.75) is 32.9 Å². The lowest BCUT2D eigenvalue weighted by Gasteiger charge is -2.18. The van der Waals surface area contributed by atoms with Crippen LogP contribution in [-0.4, -0.2) is 34.8 Å². The van der Waals surface area contributed by atoms with E-state index in [1.54, 1.807) is 24.6 Å². The molecule has 0 aliphatic carbocycles. The fraction of sp³-hybridized carbons (Fsp3) is 0.467. The fourth-order valence-electron chi connectivity index (χ4n) is 1.90. The van der Waals surface area contributed by atoms with Crippen molar-refractivity contribution in [2.24, 2.45) is 0 Å². The number of carbonyl (C=O) groups excluding carboxylic acids is 1. The first kappa shape index (κ1) is 16.8. The van der Waals surface area contributed by atoms with Crippen LogP contribution in [0.5, 0.6) is 5.75 Å². The summed E-state index contributed by atoms with van der Waals surface area (Å²) >= 11 is 0. The van der Waals surface area contributed by atoms with E-state index in [2.05, 4.69) is 11.2 Å². The van der Waals surface area contributed by atoms with Gasteiger partial charge in [0.2, 0.25) is 5.43 Å². The second kappa shape index (κ2) is 8.12. The van der Waals surface area contributed by atoms with E-state index in [0.29, 0.717) is 25.3 Å². The van der Waals surface area contributed by atoms with E-state index in [4.69, 9.17) is 11.2 Å². The largest absolute Gasteiger partial charge is 0.503 e. The molecular weight excluding hydrogens is 272 g/mol. The molecule has 6 nitrogen and oxygen atoms in total. The molecule has 0 amide bonds. The molecule has 1 heterocycles. The van der Waals surface area contributed by atoms with Crippen molar-refractivity contribution in [1.29, 1.82) is 0 Å². The molecule has 0 fully saturated rings. The van der Waals surface area contributed by atoms with Gasteiger partial charge in [0.15, 0.2) is 5.75 Å². The SMILES string of the molecule is C#CCNC(CCn1ccc(=O)c(O)c1C)C(=O)OCC. The molecule has 1 unspecified atom stereocenters. The lowest BCUT2D eigenvalue weighted by Crippen LogP contribution is -2.39. The van der Waals surface area contributed by atoms with Gasteiger partial charge in [-0.05, 0) is 20.3 Å². The number of aryl methyl sites for hydroxylation is 1. The van der Waals surface area contributed by atoms with Gasteiger partial charge in [-0.2, -0.15) is 0 Å². The highest BCUT2D eigenvalue weighted by atomic mass is 16.5. The highest BCUT2D eigenvalue weighted by molar-refractivity contribution is 5.75. The lowest BCUT2D eigenvalue weighted by molar-refractivity contribution is -0.145. The lowest BCUT2D eigenvalue weighted by atomic mass is 10.2. The van der Waals surface area contributed by atoms with Gasteiger partial charge in [-0.15, -0.1) is 6.42 Å². The van der Waals surface area contributed by atoms with E-state index in [1.807, 2.05) is 0 Å². The Kier molecular flexibility index (Phi) is 6.50. The molecule has 0 spiro atoms. The molecule has 114 valence electrons. The summed E-state index contributed by atoms with van der Waals surface area (Å²) in [6, 6.07) is 0.762. The van der Waals surface area contributed by atoms with Crippen LogP contribution in [0.2, 0.25) is 0 Å². The van der Waals surface area contributed by atoms with Gasteiger partial charge in [0, 0.05) is 18.8 Å². The van der Waals surface area contributed by atoms with Gasteiger partial charge in [0.1, 0.15) is 6.04 Å². The molecule has 0 saturated carbocycles. The average Bonchev–Trinajstić information content (AvgIpc) is 2.47. The van der Waals surface area contributed by atoms with Crippen LogP contribution in [0, 0.1) is 19.3 Å². The Morgan fingerprint density at radius 1 is 1.62 bits per heavy atom. The van der Waals surface area contributed by atoms with E-state index >= 15 is 0 Å². The number of hydrogen-bond acceptors (Lipinski definition) is 5. The number of nitrogens with one attached hydrogen (secondary N) is 1. The molecule has 0 aliphatic heterocycles. The summed E-state index contributed by atoms with van der Waals surface area (Å²) in [7, 11) is 0. The summed E-state index contributed by atoms with van der Waals surface area (Å²) in [5, 5.41) is 12.5. The van der Waals surface area contributed by atoms with Crippen molar-refractivity contribution < 1.29 is 14.6 Å². The third-order valence-electron chi connectivity index (χ3n) is 3.09. The maximum atomic E-state index is 11.8. The summed E-state index contributed by atoms with van der Waals surface area (Å²) < 4.78 is 6.69. The molecule has 6 heteroatoms. The number of aromatic hydroxyl groups is 1. The number of hydrogen-bond donors (Lipinski definition) is 2. The van der Waals surface area contributed by atoms with E-state index < -0.39 is 11.5 Å². The normalized spacial score (nSPS) is 11.7. The number of carbonyl (C=O) groups is 1. The molecule has 0 radical (unpaired) electrons. The van der Waals surface area contributed by atoms with Crippen molar-refractivity contribution in [3.8, 4) is 18.1 Å². The zero-order valence-electron chi connectivity index (χ0n) is 12.3. The van der Waals surface area contributed by atoms with Crippen molar-refractivity contribution in [2.75, 3.05) is 13.2 Å². The van der Waals surface area contributed by atoms with Crippen LogP contribution in [0.4, 0.5) is 0 Å². The Labute approximate surface area is 123 Å². The summed E-state index contributed by atoms with van der Waals surface area (Å²) in [6.45, 7) is 4.38. The monoisotopic (exact) mass is 292 g/mol. The average molecular weight is 292 g/mol. The first-order chi connectivity index (χ1) is 10.0. The number of pyridine rings is 1. The molecule has 1 aromatic heterocycles. The summed E-state index contributed by atoms with van der Waals surface area (Å²) in [6.07, 6.45) is 7.20. The van der Waals surface area contributed by atoms with Gasteiger partial charge < -0.3 is 14.4 Å². The number of esters is 1. The molecule has 1 atom stereocenters. The smallest absolute Gasteiger partial charge is 0.323 e. The van der Waals surface area contributed by atoms with Crippen molar-refractivity contribution in [1.82, 2.24) is 9.88 Å². The maximum absolute atomic E-state index is 11.8. The van der Waals surface area contributed by atoms with Gasteiger partial charge in [-0.1, -0.05) is 5.92 Å². The first-order valence-corrected chi connectivity index (χ1v) is 6.73. The Morgan fingerprint density at radius 3 is 2.95 bits per heavy atom. The zero-order valence-corrected chi connectivity index (χ0v) is 12.3. The minimum atomic E-state index is -0.526. The molecule has 1 rings (SSSR count). The number of aromatic nitrogens is 1. The van der Waals surface area contributed by atoms with Crippen LogP contribution in [0.1, 0.15) is 19.0 Å². The Balaban J connectivity index is 2.77. The van der Waals surface area contributed by atoms with Crippen LogP contribution >= 0.6 is 0 Å². The second-order valence-corrected chi connectivity index (χ2v) is 4.49. The number of nitrogens with zero attached hydrogens (tertiary/aromatic N) is 1. The number of ether oxygens (including phenoxy) is 1. The van der Waals surface area contributed by atoms with Crippen molar-refractivity contribution >= 4 is 5.97 Å². The van der Waals surface area contributed by atoms with Crippen LogP contribution in [-0.2, 0) is 16.1 Å². The quantitative estimate of drug-likeness (QED) is 0.562. The van der Waals surface area contributed by atoms with E-state index in [9.17, 15) is 14.7 Å². The van der Waals surface area contributed by atoms with E-state index in [0.717, 1.165) is 0 Å². The first-order valence-electron chi connectivity index (χ1n) is 6.73. The maximum Gasteiger partial charge on any atom is 0.323 e. The molecule has 0 aromatic carbocycles. The molecular formula is C15H20N2O4. The van der Waals surface area contributed by atoms with Gasteiger partial charge in [-0.25, -0.2) is 0 Å². The van der Waals surface area contributed by atoms with Gasteiger partial charge in [0.05, 0.1) is 18.8 Å². The van der Waals surface area contributed by atoms with E-state index in [-0.39, 0.29) is 18.3 Å². The van der Waals surface area contributed by atoms with Crippen molar-refractivity contribution in [3.05, 3.63) is 28.2 Å². The summed E-state index contributed by atoms with van der Waals surface area (Å²) in [5.74, 6) is 1.77. The number of terminal acetylenes is 1. The minimum Gasteiger partial charge on any atom is -0.503 e. The minimum absolute atomic E-state index is 0.262. The molecule has 0 aliphatic rings. The van der Waals surface area contributed by atoms with Crippen LogP contribution in [0.3, 0.4) is 0 Å². The molecule has 0 bridgehead atoms. The Hall–Kier alpha value is -2.26. The predicted octanol–water partition coefficient (Wildman–Crippen LogP) is 0.407. The highest BCUT2D eigenvalue weighted by Gasteiger charge is 2.19. The summed E-state index contributed by atoms with van der Waals surface area (Å²) in [5.41, 5.74) is 0.0400. The zero-order chi connectivity index (χ0) is 15.8. The topological polar surface area (TPSA) is 80.6 Å². The highest BCUT2D eigenvalue weighted by Crippen LogP contribution is 2.10. The molecule has 2 N–H and O–H groups in total. The van der Waals surface area contributed by atoms with Crippen LogP contribution in [0.25, 0.3) is 0 Å². The van der Waals surface area contributed by atoms with Gasteiger partial charge in [0.25, 0.3) is 0 Å². The third kappa shape index (κ3) is 4.65. The van der Waals surface area contributed by atoms with Crippen LogP contribution in [0.15, 0.2) is 17.1 Å². The molecule has 1 aromatic rings. The molecule has 0 saturated heterocycles. The number of rotatable bonds is 7. The Morgan fingerprint density at radius 2 is 2.33 bits per heavy atom. The third-order valence-corrected chi connectivity index (χ3v) is 3.09. The Bertz CT molecular complexity index is 586. The molecule has 21 heavy (non-hydrogen) atoms. The second-order valence-electron chi connectivity index (χ2n) is 4.49. The van der Waals surface area contributed by atoms with E-state index in [1.165, 1.54) is 6.07 Å². The van der Waals surface area contributed by atoms with Gasteiger partial charge >= 0.3 is 5.97 Å².